The SMILES string of the molecule is Clc1ccc(CN2CCC[C@@H]2c2ccn[nH]2)cc1. The zero-order valence-electron chi connectivity index (χ0n) is 10.1. The standard InChI is InChI=1S/C14H16ClN3/c15-12-5-3-11(4-6-12)10-18-9-1-2-14(18)13-7-8-16-17-13/h3-8,14H,1-2,9-10H2,(H,16,17)/t14-/m1/s1. The number of nitrogens with zero attached hydrogens (tertiary/aromatic N) is 2. The van der Waals surface area contributed by atoms with E-state index in [0.717, 1.165) is 18.1 Å². The summed E-state index contributed by atoms with van der Waals surface area (Å²) in [5.41, 5.74) is 2.53. The van der Waals surface area contributed by atoms with E-state index in [-0.39, 0.29) is 0 Å². The second-order valence-corrected chi connectivity index (χ2v) is 5.20. The third-order valence-corrected chi connectivity index (χ3v) is 3.80. The van der Waals surface area contributed by atoms with Crippen molar-refractivity contribution in [3.63, 3.8) is 0 Å². The van der Waals surface area contributed by atoms with E-state index in [2.05, 4.69) is 33.3 Å². The highest BCUT2D eigenvalue weighted by Gasteiger charge is 2.26. The average Bonchev–Trinajstić information content (AvgIpc) is 3.02. The molecule has 2 aromatic rings. The van der Waals surface area contributed by atoms with E-state index in [0.29, 0.717) is 6.04 Å². The first kappa shape index (κ1) is 11.8. The van der Waals surface area contributed by atoms with Gasteiger partial charge in [-0.25, -0.2) is 0 Å². The van der Waals surface area contributed by atoms with Gasteiger partial charge < -0.3 is 0 Å². The number of aromatic nitrogens is 2. The summed E-state index contributed by atoms with van der Waals surface area (Å²) < 4.78 is 0. The van der Waals surface area contributed by atoms with E-state index >= 15 is 0 Å². The molecule has 0 spiro atoms. The van der Waals surface area contributed by atoms with E-state index in [4.69, 9.17) is 11.6 Å². The van der Waals surface area contributed by atoms with E-state index in [1.807, 2.05) is 18.3 Å². The summed E-state index contributed by atoms with van der Waals surface area (Å²) >= 11 is 5.91. The Bertz CT molecular complexity index is 492. The molecule has 2 heterocycles. The predicted molar refractivity (Wildman–Crippen MR) is 72.4 cm³/mol. The number of benzene rings is 1. The minimum atomic E-state index is 0.475. The minimum absolute atomic E-state index is 0.475. The van der Waals surface area contributed by atoms with Crippen molar-refractivity contribution in [3.8, 4) is 0 Å². The Morgan fingerprint density at radius 2 is 2.11 bits per heavy atom. The second kappa shape index (κ2) is 5.12. The van der Waals surface area contributed by atoms with Gasteiger partial charge in [-0.1, -0.05) is 23.7 Å². The summed E-state index contributed by atoms with van der Waals surface area (Å²) in [4.78, 5) is 2.50. The molecule has 4 heteroatoms. The fourth-order valence-electron chi connectivity index (χ4n) is 2.64. The molecule has 0 bridgehead atoms. The van der Waals surface area contributed by atoms with Crippen LogP contribution < -0.4 is 0 Å². The van der Waals surface area contributed by atoms with Crippen LogP contribution in [0.4, 0.5) is 0 Å². The summed E-state index contributed by atoms with van der Waals surface area (Å²) in [6.07, 6.45) is 4.28. The summed E-state index contributed by atoms with van der Waals surface area (Å²) in [5.74, 6) is 0. The van der Waals surface area contributed by atoms with Gasteiger partial charge in [-0.05, 0) is 43.1 Å². The molecule has 1 fully saturated rings. The zero-order chi connectivity index (χ0) is 12.4. The molecule has 0 amide bonds. The highest BCUT2D eigenvalue weighted by Crippen LogP contribution is 2.31. The van der Waals surface area contributed by atoms with Gasteiger partial charge in [-0.2, -0.15) is 5.10 Å². The van der Waals surface area contributed by atoms with Crippen LogP contribution in [0.5, 0.6) is 0 Å². The number of likely N-dealkylation sites (tertiary alicyclic amines) is 1. The Hall–Kier alpha value is -1.32. The number of nitrogens with one attached hydrogen (secondary N) is 1. The summed E-state index contributed by atoms with van der Waals surface area (Å²) in [7, 11) is 0. The lowest BCUT2D eigenvalue weighted by Gasteiger charge is -2.23. The minimum Gasteiger partial charge on any atom is -0.291 e. The van der Waals surface area contributed by atoms with Crippen LogP contribution in [-0.2, 0) is 6.54 Å². The molecule has 0 aliphatic carbocycles. The first-order valence-corrected chi connectivity index (χ1v) is 6.68. The van der Waals surface area contributed by atoms with Gasteiger partial charge in [0.2, 0.25) is 0 Å². The van der Waals surface area contributed by atoms with Gasteiger partial charge in [0.25, 0.3) is 0 Å². The molecule has 0 unspecified atom stereocenters. The summed E-state index contributed by atoms with van der Waals surface area (Å²) in [6.45, 7) is 2.12. The van der Waals surface area contributed by atoms with Crippen molar-refractivity contribution in [2.75, 3.05) is 6.54 Å². The smallest absolute Gasteiger partial charge is 0.0523 e. The van der Waals surface area contributed by atoms with Crippen molar-refractivity contribution < 1.29 is 0 Å². The van der Waals surface area contributed by atoms with E-state index < -0.39 is 0 Å². The molecule has 1 atom stereocenters. The Kier molecular flexibility index (Phi) is 3.35. The molecule has 1 aromatic heterocycles. The third-order valence-electron chi connectivity index (χ3n) is 3.54. The maximum atomic E-state index is 5.91. The lowest BCUT2D eigenvalue weighted by molar-refractivity contribution is 0.244. The van der Waals surface area contributed by atoms with E-state index in [9.17, 15) is 0 Å². The number of aromatic amines is 1. The molecule has 3 rings (SSSR count). The highest BCUT2D eigenvalue weighted by molar-refractivity contribution is 6.30. The molecule has 0 radical (unpaired) electrons. The number of hydrogen-bond acceptors (Lipinski definition) is 2. The Morgan fingerprint density at radius 1 is 1.28 bits per heavy atom. The van der Waals surface area contributed by atoms with Crippen molar-refractivity contribution in [1.82, 2.24) is 15.1 Å². The number of rotatable bonds is 3. The molecule has 1 aromatic carbocycles. The molecule has 3 nitrogen and oxygen atoms in total. The molecular formula is C14H16ClN3. The van der Waals surface area contributed by atoms with Gasteiger partial charge in [0.05, 0.1) is 11.7 Å². The van der Waals surface area contributed by atoms with Crippen molar-refractivity contribution in [3.05, 3.63) is 52.8 Å². The molecule has 1 N–H and O–H groups in total. The van der Waals surface area contributed by atoms with Gasteiger partial charge in [0.15, 0.2) is 0 Å². The number of halogens is 1. The molecule has 0 saturated carbocycles. The van der Waals surface area contributed by atoms with Crippen LogP contribution >= 0.6 is 11.6 Å². The van der Waals surface area contributed by atoms with Crippen LogP contribution in [0.1, 0.15) is 30.1 Å². The fraction of sp³-hybridized carbons (Fsp3) is 0.357. The first-order valence-electron chi connectivity index (χ1n) is 6.31. The van der Waals surface area contributed by atoms with Crippen LogP contribution in [-0.4, -0.2) is 21.6 Å². The molecular weight excluding hydrogens is 246 g/mol. The van der Waals surface area contributed by atoms with Crippen LogP contribution in [0.25, 0.3) is 0 Å². The maximum Gasteiger partial charge on any atom is 0.0523 e. The lowest BCUT2D eigenvalue weighted by Crippen LogP contribution is -2.23. The largest absolute Gasteiger partial charge is 0.291 e. The lowest BCUT2D eigenvalue weighted by atomic mass is 10.1. The van der Waals surface area contributed by atoms with Crippen LogP contribution in [0.2, 0.25) is 5.02 Å². The fourth-order valence-corrected chi connectivity index (χ4v) is 2.77. The maximum absolute atomic E-state index is 5.91. The van der Waals surface area contributed by atoms with Crippen LogP contribution in [0, 0.1) is 0 Å². The average molecular weight is 262 g/mol. The normalized spacial score (nSPS) is 20.4. The highest BCUT2D eigenvalue weighted by atomic mass is 35.5. The molecule has 18 heavy (non-hydrogen) atoms. The first-order chi connectivity index (χ1) is 8.83. The topological polar surface area (TPSA) is 31.9 Å². The molecule has 1 saturated heterocycles. The Labute approximate surface area is 112 Å². The van der Waals surface area contributed by atoms with Gasteiger partial charge in [0, 0.05) is 17.8 Å². The van der Waals surface area contributed by atoms with Crippen LogP contribution in [0.15, 0.2) is 36.5 Å². The van der Waals surface area contributed by atoms with Crippen LogP contribution in [0.3, 0.4) is 0 Å². The van der Waals surface area contributed by atoms with Gasteiger partial charge in [-0.3, -0.25) is 10.00 Å². The quantitative estimate of drug-likeness (QED) is 0.918. The molecule has 1 aliphatic rings. The Balaban J connectivity index is 1.73. The Morgan fingerprint density at radius 3 is 2.83 bits per heavy atom. The van der Waals surface area contributed by atoms with Crippen molar-refractivity contribution in [1.29, 1.82) is 0 Å². The van der Waals surface area contributed by atoms with Gasteiger partial charge in [-0.15, -0.1) is 0 Å². The van der Waals surface area contributed by atoms with E-state index in [1.165, 1.54) is 24.1 Å². The van der Waals surface area contributed by atoms with E-state index in [1.54, 1.807) is 0 Å². The van der Waals surface area contributed by atoms with Crippen molar-refractivity contribution in [2.24, 2.45) is 0 Å². The number of H-pyrrole nitrogens is 1. The van der Waals surface area contributed by atoms with Gasteiger partial charge in [0.1, 0.15) is 0 Å². The zero-order valence-corrected chi connectivity index (χ0v) is 10.9. The summed E-state index contributed by atoms with van der Waals surface area (Å²) in [6, 6.07) is 10.7. The molecule has 1 aliphatic heterocycles. The van der Waals surface area contributed by atoms with Crippen molar-refractivity contribution in [2.45, 2.75) is 25.4 Å². The molecule has 94 valence electrons. The second-order valence-electron chi connectivity index (χ2n) is 4.77. The van der Waals surface area contributed by atoms with Crippen molar-refractivity contribution >= 4 is 11.6 Å². The third kappa shape index (κ3) is 2.42. The van der Waals surface area contributed by atoms with Gasteiger partial charge >= 0.3 is 0 Å². The summed E-state index contributed by atoms with van der Waals surface area (Å²) in [5, 5.41) is 7.94. The number of hydrogen-bond donors (Lipinski definition) is 1. The monoisotopic (exact) mass is 261 g/mol. The predicted octanol–water partition coefficient (Wildman–Crippen LogP) is 3.40.